The molecule has 2 aromatic carbocycles. The largest absolute Gasteiger partial charge is 0.268 e. The molecule has 19 heavy (non-hydrogen) atoms. The quantitative estimate of drug-likeness (QED) is 0.699. The highest BCUT2D eigenvalue weighted by Gasteiger charge is 2.16. The first-order valence-electron chi connectivity index (χ1n) is 6.37. The van der Waals surface area contributed by atoms with Crippen molar-refractivity contribution in [3.63, 3.8) is 0 Å². The SMILES string of the molecule is CCc1nc2ccccc2n1C(=O)c1ccccc1. The van der Waals surface area contributed by atoms with Crippen LogP contribution in [-0.2, 0) is 6.42 Å². The lowest BCUT2D eigenvalue weighted by molar-refractivity contribution is 0.0961. The monoisotopic (exact) mass is 250 g/mol. The van der Waals surface area contributed by atoms with Crippen LogP contribution in [0.25, 0.3) is 11.0 Å². The van der Waals surface area contributed by atoms with Crippen molar-refractivity contribution in [3.05, 3.63) is 66.0 Å². The lowest BCUT2D eigenvalue weighted by Gasteiger charge is -2.06. The van der Waals surface area contributed by atoms with Gasteiger partial charge in [-0.2, -0.15) is 0 Å². The number of hydrogen-bond acceptors (Lipinski definition) is 2. The highest BCUT2D eigenvalue weighted by Crippen LogP contribution is 2.18. The van der Waals surface area contributed by atoms with E-state index in [1.807, 2.05) is 61.5 Å². The van der Waals surface area contributed by atoms with Gasteiger partial charge >= 0.3 is 0 Å². The van der Waals surface area contributed by atoms with Gasteiger partial charge in [-0.15, -0.1) is 0 Å². The Balaban J connectivity index is 2.21. The Morgan fingerprint density at radius 2 is 1.74 bits per heavy atom. The third-order valence-electron chi connectivity index (χ3n) is 3.17. The Morgan fingerprint density at radius 3 is 2.47 bits per heavy atom. The van der Waals surface area contributed by atoms with Gasteiger partial charge in [-0.25, -0.2) is 4.98 Å². The third kappa shape index (κ3) is 1.93. The van der Waals surface area contributed by atoms with Crippen molar-refractivity contribution in [2.24, 2.45) is 0 Å². The standard InChI is InChI=1S/C16H14N2O/c1-2-15-17-13-10-6-7-11-14(13)18(15)16(19)12-8-4-3-5-9-12/h3-11H,2H2,1H3. The van der Waals surface area contributed by atoms with Gasteiger partial charge in [-0.1, -0.05) is 37.3 Å². The van der Waals surface area contributed by atoms with Crippen LogP contribution in [0.1, 0.15) is 23.1 Å². The molecule has 1 aromatic heterocycles. The van der Waals surface area contributed by atoms with E-state index in [0.717, 1.165) is 23.3 Å². The van der Waals surface area contributed by atoms with E-state index in [2.05, 4.69) is 4.98 Å². The number of rotatable bonds is 2. The molecule has 0 aliphatic rings. The second-order valence-corrected chi connectivity index (χ2v) is 4.38. The molecule has 94 valence electrons. The first-order valence-corrected chi connectivity index (χ1v) is 6.37. The normalized spacial score (nSPS) is 10.8. The van der Waals surface area contributed by atoms with Gasteiger partial charge < -0.3 is 0 Å². The van der Waals surface area contributed by atoms with E-state index in [-0.39, 0.29) is 5.91 Å². The van der Waals surface area contributed by atoms with E-state index < -0.39 is 0 Å². The van der Waals surface area contributed by atoms with Gasteiger partial charge in [0.2, 0.25) is 0 Å². The van der Waals surface area contributed by atoms with Gasteiger partial charge in [0.05, 0.1) is 11.0 Å². The van der Waals surface area contributed by atoms with Gasteiger partial charge in [0.25, 0.3) is 5.91 Å². The smallest absolute Gasteiger partial charge is 0.263 e. The molecule has 0 aliphatic carbocycles. The molecule has 0 fully saturated rings. The highest BCUT2D eigenvalue weighted by molar-refractivity contribution is 6.01. The van der Waals surface area contributed by atoms with Crippen molar-refractivity contribution in [2.45, 2.75) is 13.3 Å². The highest BCUT2D eigenvalue weighted by atomic mass is 16.2. The maximum atomic E-state index is 12.6. The summed E-state index contributed by atoms with van der Waals surface area (Å²) in [6, 6.07) is 17.0. The van der Waals surface area contributed by atoms with Crippen LogP contribution in [0, 0.1) is 0 Å². The van der Waals surface area contributed by atoms with E-state index in [4.69, 9.17) is 0 Å². The van der Waals surface area contributed by atoms with Crippen molar-refractivity contribution < 1.29 is 4.79 Å². The van der Waals surface area contributed by atoms with Crippen LogP contribution in [0.3, 0.4) is 0 Å². The fourth-order valence-corrected chi connectivity index (χ4v) is 2.25. The van der Waals surface area contributed by atoms with Gasteiger partial charge in [-0.05, 0) is 24.3 Å². The van der Waals surface area contributed by atoms with E-state index in [9.17, 15) is 4.79 Å². The molecule has 0 saturated carbocycles. The first kappa shape index (κ1) is 11.7. The number of hydrogen-bond donors (Lipinski definition) is 0. The number of aryl methyl sites for hydroxylation is 1. The van der Waals surface area contributed by atoms with Gasteiger partial charge in [-0.3, -0.25) is 9.36 Å². The van der Waals surface area contributed by atoms with E-state index in [0.29, 0.717) is 5.56 Å². The molecule has 0 unspecified atom stereocenters. The van der Waals surface area contributed by atoms with Crippen LogP contribution in [0.4, 0.5) is 0 Å². The van der Waals surface area contributed by atoms with E-state index >= 15 is 0 Å². The number of para-hydroxylation sites is 2. The molecule has 0 aliphatic heterocycles. The fraction of sp³-hybridized carbons (Fsp3) is 0.125. The minimum atomic E-state index is -0.0221. The topological polar surface area (TPSA) is 34.9 Å². The molecule has 0 saturated heterocycles. The van der Waals surface area contributed by atoms with Crippen LogP contribution in [0.2, 0.25) is 0 Å². The predicted molar refractivity (Wildman–Crippen MR) is 75.3 cm³/mol. The summed E-state index contributed by atoms with van der Waals surface area (Å²) in [5, 5.41) is 0. The molecule has 0 spiro atoms. The molecular weight excluding hydrogens is 236 g/mol. The van der Waals surface area contributed by atoms with Crippen LogP contribution in [-0.4, -0.2) is 15.5 Å². The zero-order valence-corrected chi connectivity index (χ0v) is 10.7. The number of aromatic nitrogens is 2. The number of fused-ring (bicyclic) bond motifs is 1. The van der Waals surface area contributed by atoms with Gasteiger partial charge in [0.15, 0.2) is 0 Å². The zero-order valence-electron chi connectivity index (χ0n) is 10.7. The molecule has 3 heteroatoms. The Bertz CT molecular complexity index is 729. The molecule has 0 bridgehead atoms. The molecule has 0 atom stereocenters. The minimum Gasteiger partial charge on any atom is -0.268 e. The number of benzene rings is 2. The Kier molecular flexibility index (Phi) is 2.88. The molecule has 1 heterocycles. The predicted octanol–water partition coefficient (Wildman–Crippen LogP) is 3.29. The van der Waals surface area contributed by atoms with Gasteiger partial charge in [0, 0.05) is 12.0 Å². The average molecular weight is 250 g/mol. The Morgan fingerprint density at radius 1 is 1.05 bits per heavy atom. The second kappa shape index (κ2) is 4.69. The van der Waals surface area contributed by atoms with Crippen LogP contribution in [0.15, 0.2) is 54.6 Å². The summed E-state index contributed by atoms with van der Waals surface area (Å²) < 4.78 is 1.71. The summed E-state index contributed by atoms with van der Waals surface area (Å²) in [7, 11) is 0. The molecule has 0 N–H and O–H groups in total. The van der Waals surface area contributed by atoms with E-state index in [1.165, 1.54) is 0 Å². The van der Waals surface area contributed by atoms with Crippen molar-refractivity contribution in [3.8, 4) is 0 Å². The van der Waals surface area contributed by atoms with Gasteiger partial charge in [0.1, 0.15) is 5.82 Å². The molecule has 3 nitrogen and oxygen atoms in total. The molecule has 3 aromatic rings. The maximum absolute atomic E-state index is 12.6. The third-order valence-corrected chi connectivity index (χ3v) is 3.17. The lowest BCUT2D eigenvalue weighted by Crippen LogP contribution is -2.14. The zero-order chi connectivity index (χ0) is 13.2. The summed E-state index contributed by atoms with van der Waals surface area (Å²) in [6.45, 7) is 2.01. The molecule has 3 rings (SSSR count). The molecular formula is C16H14N2O. The average Bonchev–Trinajstić information content (AvgIpc) is 2.86. The van der Waals surface area contributed by atoms with Crippen LogP contribution in [0.5, 0.6) is 0 Å². The van der Waals surface area contributed by atoms with Crippen LogP contribution < -0.4 is 0 Å². The summed E-state index contributed by atoms with van der Waals surface area (Å²) in [4.78, 5) is 17.1. The summed E-state index contributed by atoms with van der Waals surface area (Å²) in [5.41, 5.74) is 2.41. The molecule has 0 radical (unpaired) electrons. The number of carbonyl (C=O) groups excluding carboxylic acids is 1. The summed E-state index contributed by atoms with van der Waals surface area (Å²) >= 11 is 0. The number of nitrogens with zero attached hydrogens (tertiary/aromatic N) is 2. The second-order valence-electron chi connectivity index (χ2n) is 4.38. The lowest BCUT2D eigenvalue weighted by atomic mass is 10.2. The minimum absolute atomic E-state index is 0.0221. The summed E-state index contributed by atoms with van der Waals surface area (Å²) in [6.07, 6.45) is 0.729. The van der Waals surface area contributed by atoms with Crippen molar-refractivity contribution >= 4 is 16.9 Å². The van der Waals surface area contributed by atoms with Crippen molar-refractivity contribution in [1.29, 1.82) is 0 Å². The fourth-order valence-electron chi connectivity index (χ4n) is 2.25. The van der Waals surface area contributed by atoms with Crippen LogP contribution >= 0.6 is 0 Å². The number of imidazole rings is 1. The van der Waals surface area contributed by atoms with Crippen molar-refractivity contribution in [2.75, 3.05) is 0 Å². The molecule has 0 amide bonds. The summed E-state index contributed by atoms with van der Waals surface area (Å²) in [5.74, 6) is 0.779. The maximum Gasteiger partial charge on any atom is 0.263 e. The Labute approximate surface area is 111 Å². The first-order chi connectivity index (χ1) is 9.31. The number of carbonyl (C=O) groups is 1. The Hall–Kier alpha value is -2.42. The van der Waals surface area contributed by atoms with Crippen molar-refractivity contribution in [1.82, 2.24) is 9.55 Å². The van der Waals surface area contributed by atoms with E-state index in [1.54, 1.807) is 4.57 Å².